The topological polar surface area (TPSA) is 78.4 Å². The van der Waals surface area contributed by atoms with Crippen molar-refractivity contribution in [3.05, 3.63) is 0 Å². The Bertz CT molecular complexity index is 333. The first-order valence-electron chi connectivity index (χ1n) is 6.76. The molecule has 1 heterocycles. The van der Waals surface area contributed by atoms with Gasteiger partial charge in [-0.05, 0) is 38.6 Å². The van der Waals surface area contributed by atoms with E-state index in [0.29, 0.717) is 18.9 Å². The second kappa shape index (κ2) is 5.26. The van der Waals surface area contributed by atoms with E-state index >= 15 is 0 Å². The van der Waals surface area contributed by atoms with Crippen LogP contribution in [0.25, 0.3) is 0 Å². The van der Waals surface area contributed by atoms with Gasteiger partial charge in [-0.3, -0.25) is 4.79 Å². The zero-order chi connectivity index (χ0) is 13.2. The molecule has 2 fully saturated rings. The van der Waals surface area contributed by atoms with Crippen LogP contribution in [0.15, 0.2) is 0 Å². The fourth-order valence-electron chi connectivity index (χ4n) is 2.49. The van der Waals surface area contributed by atoms with Crippen molar-refractivity contribution in [1.29, 1.82) is 0 Å². The molecule has 0 aromatic rings. The van der Waals surface area contributed by atoms with Gasteiger partial charge in [-0.15, -0.1) is 0 Å². The van der Waals surface area contributed by atoms with Crippen molar-refractivity contribution < 1.29 is 14.7 Å². The number of carbonyl (C=O) groups excluding carboxylic acids is 1. The summed E-state index contributed by atoms with van der Waals surface area (Å²) in [4.78, 5) is 23.4. The normalized spacial score (nSPS) is 29.6. The predicted molar refractivity (Wildman–Crippen MR) is 67.1 cm³/mol. The molecule has 102 valence electrons. The third-order valence-electron chi connectivity index (χ3n) is 4.01. The molecular formula is C13H22N2O3. The van der Waals surface area contributed by atoms with Crippen molar-refractivity contribution in [3.63, 3.8) is 0 Å². The van der Waals surface area contributed by atoms with Crippen LogP contribution in [0.4, 0.5) is 0 Å². The number of carboxylic acid groups (broad SMARTS) is 1. The molecule has 0 aromatic carbocycles. The van der Waals surface area contributed by atoms with Crippen LogP contribution in [-0.2, 0) is 9.59 Å². The minimum atomic E-state index is -0.914. The quantitative estimate of drug-likeness (QED) is 0.676. The van der Waals surface area contributed by atoms with Crippen molar-refractivity contribution in [3.8, 4) is 0 Å². The Morgan fingerprint density at radius 2 is 2.22 bits per heavy atom. The SMILES string of the molecule is CC1(C(=O)NC(CC2CC2)C(=O)O)CCCNC1. The first-order valence-corrected chi connectivity index (χ1v) is 6.76. The van der Waals surface area contributed by atoms with E-state index in [1.165, 1.54) is 0 Å². The molecule has 2 unspecified atom stereocenters. The molecule has 1 amide bonds. The Kier molecular flexibility index (Phi) is 3.90. The highest BCUT2D eigenvalue weighted by atomic mass is 16.4. The van der Waals surface area contributed by atoms with Crippen molar-refractivity contribution in [2.24, 2.45) is 11.3 Å². The summed E-state index contributed by atoms with van der Waals surface area (Å²) in [6.45, 7) is 3.48. The highest BCUT2D eigenvalue weighted by Gasteiger charge is 2.38. The lowest BCUT2D eigenvalue weighted by Gasteiger charge is -2.33. The minimum absolute atomic E-state index is 0.122. The van der Waals surface area contributed by atoms with Crippen molar-refractivity contribution in [2.75, 3.05) is 13.1 Å². The van der Waals surface area contributed by atoms with Crippen LogP contribution < -0.4 is 10.6 Å². The highest BCUT2D eigenvalue weighted by molar-refractivity contribution is 5.87. The molecule has 0 spiro atoms. The van der Waals surface area contributed by atoms with Gasteiger partial charge < -0.3 is 15.7 Å². The van der Waals surface area contributed by atoms with E-state index in [1.807, 2.05) is 6.92 Å². The average Bonchev–Trinajstić information content (AvgIpc) is 3.12. The summed E-state index contributed by atoms with van der Waals surface area (Å²) in [5.74, 6) is -0.547. The fourth-order valence-corrected chi connectivity index (χ4v) is 2.49. The maximum atomic E-state index is 12.2. The summed E-state index contributed by atoms with van der Waals surface area (Å²) in [6, 6.07) is -0.719. The first kappa shape index (κ1) is 13.3. The number of hydrogen-bond acceptors (Lipinski definition) is 3. The van der Waals surface area contributed by atoms with Gasteiger partial charge in [0.2, 0.25) is 5.91 Å². The standard InChI is InChI=1S/C13H22N2O3/c1-13(5-2-6-14-8-13)12(18)15-10(11(16)17)7-9-3-4-9/h9-10,14H,2-8H2,1H3,(H,15,18)(H,16,17). The summed E-state index contributed by atoms with van der Waals surface area (Å²) in [5.41, 5.74) is -0.463. The lowest BCUT2D eigenvalue weighted by atomic mass is 9.81. The molecule has 1 aliphatic heterocycles. The molecule has 1 saturated carbocycles. The van der Waals surface area contributed by atoms with E-state index in [4.69, 9.17) is 5.11 Å². The number of hydrogen-bond donors (Lipinski definition) is 3. The van der Waals surface area contributed by atoms with Crippen LogP contribution >= 0.6 is 0 Å². The van der Waals surface area contributed by atoms with Crippen LogP contribution in [0.3, 0.4) is 0 Å². The zero-order valence-corrected chi connectivity index (χ0v) is 10.9. The molecule has 2 aliphatic rings. The molecule has 0 aromatic heterocycles. The molecule has 5 heteroatoms. The summed E-state index contributed by atoms with van der Waals surface area (Å²) < 4.78 is 0. The number of carboxylic acids is 1. The van der Waals surface area contributed by atoms with Crippen LogP contribution in [0.1, 0.15) is 39.0 Å². The van der Waals surface area contributed by atoms with Crippen molar-refractivity contribution in [1.82, 2.24) is 10.6 Å². The molecule has 1 saturated heterocycles. The Balaban J connectivity index is 1.92. The van der Waals surface area contributed by atoms with Gasteiger partial charge in [0, 0.05) is 6.54 Å². The second-order valence-electron chi connectivity index (χ2n) is 5.88. The molecule has 5 nitrogen and oxygen atoms in total. The van der Waals surface area contributed by atoms with Crippen molar-refractivity contribution >= 4 is 11.9 Å². The molecule has 0 radical (unpaired) electrons. The third-order valence-corrected chi connectivity index (χ3v) is 4.01. The summed E-state index contributed by atoms with van der Waals surface area (Å²) >= 11 is 0. The van der Waals surface area contributed by atoms with Crippen LogP contribution in [0, 0.1) is 11.3 Å². The monoisotopic (exact) mass is 254 g/mol. The van der Waals surface area contributed by atoms with Crippen LogP contribution in [0.5, 0.6) is 0 Å². The van der Waals surface area contributed by atoms with E-state index < -0.39 is 17.4 Å². The van der Waals surface area contributed by atoms with Crippen LogP contribution in [0.2, 0.25) is 0 Å². The lowest BCUT2D eigenvalue weighted by Crippen LogP contribution is -2.53. The van der Waals surface area contributed by atoms with Crippen LogP contribution in [-0.4, -0.2) is 36.1 Å². The largest absolute Gasteiger partial charge is 0.480 e. The summed E-state index contributed by atoms with van der Waals surface area (Å²) in [6.07, 6.45) is 4.55. The molecule has 2 atom stereocenters. The molecule has 2 rings (SSSR count). The van der Waals surface area contributed by atoms with E-state index in [2.05, 4.69) is 10.6 Å². The fraction of sp³-hybridized carbons (Fsp3) is 0.846. The van der Waals surface area contributed by atoms with Gasteiger partial charge in [-0.2, -0.15) is 0 Å². The van der Waals surface area contributed by atoms with E-state index in [0.717, 1.165) is 32.2 Å². The number of nitrogens with one attached hydrogen (secondary N) is 2. The molecule has 0 bridgehead atoms. The number of aliphatic carboxylic acids is 1. The molecule has 3 N–H and O–H groups in total. The minimum Gasteiger partial charge on any atom is -0.480 e. The smallest absolute Gasteiger partial charge is 0.326 e. The summed E-state index contributed by atoms with van der Waals surface area (Å²) in [7, 11) is 0. The number of rotatable bonds is 5. The molecule has 18 heavy (non-hydrogen) atoms. The Labute approximate surface area is 107 Å². The zero-order valence-electron chi connectivity index (χ0n) is 10.9. The summed E-state index contributed by atoms with van der Waals surface area (Å²) in [5, 5.41) is 15.1. The van der Waals surface area contributed by atoms with Gasteiger partial charge in [0.05, 0.1) is 5.41 Å². The van der Waals surface area contributed by atoms with Gasteiger partial charge in [-0.1, -0.05) is 12.8 Å². The van der Waals surface area contributed by atoms with E-state index in [9.17, 15) is 9.59 Å². The first-order chi connectivity index (χ1) is 8.51. The van der Waals surface area contributed by atoms with Gasteiger partial charge in [0.25, 0.3) is 0 Å². The predicted octanol–water partition coefficient (Wildman–Crippen LogP) is 0.746. The number of amides is 1. The van der Waals surface area contributed by atoms with Gasteiger partial charge in [-0.25, -0.2) is 4.79 Å². The second-order valence-corrected chi connectivity index (χ2v) is 5.88. The Morgan fingerprint density at radius 3 is 2.72 bits per heavy atom. The number of carbonyl (C=O) groups is 2. The van der Waals surface area contributed by atoms with E-state index in [-0.39, 0.29) is 5.91 Å². The Morgan fingerprint density at radius 1 is 1.50 bits per heavy atom. The average molecular weight is 254 g/mol. The van der Waals surface area contributed by atoms with Crippen molar-refractivity contribution in [2.45, 2.75) is 45.1 Å². The third kappa shape index (κ3) is 3.22. The van der Waals surface area contributed by atoms with Gasteiger partial charge >= 0.3 is 5.97 Å². The highest BCUT2D eigenvalue weighted by Crippen LogP contribution is 2.34. The maximum Gasteiger partial charge on any atom is 0.326 e. The van der Waals surface area contributed by atoms with E-state index in [1.54, 1.807) is 0 Å². The lowest BCUT2D eigenvalue weighted by molar-refractivity contribution is -0.144. The van der Waals surface area contributed by atoms with Gasteiger partial charge in [0.1, 0.15) is 6.04 Å². The molecular weight excluding hydrogens is 232 g/mol. The number of piperidine rings is 1. The Hall–Kier alpha value is -1.10. The maximum absolute atomic E-state index is 12.2. The van der Waals surface area contributed by atoms with Gasteiger partial charge in [0.15, 0.2) is 0 Å². The molecule has 1 aliphatic carbocycles.